The van der Waals surface area contributed by atoms with Crippen LogP contribution in [0, 0.1) is 0 Å². The van der Waals surface area contributed by atoms with Crippen LogP contribution in [0.25, 0.3) is 0 Å². The summed E-state index contributed by atoms with van der Waals surface area (Å²) in [5.74, 6) is 2.55. The predicted molar refractivity (Wildman–Crippen MR) is 84.6 cm³/mol. The van der Waals surface area contributed by atoms with Gasteiger partial charge in [0.1, 0.15) is 17.2 Å². The minimum atomic E-state index is 0.670. The highest BCUT2D eigenvalue weighted by atomic mass is 16.5. The summed E-state index contributed by atoms with van der Waals surface area (Å²) >= 11 is 0. The van der Waals surface area contributed by atoms with Crippen molar-refractivity contribution in [3.05, 3.63) is 48.5 Å². The number of hydrogen-bond donors (Lipinski definition) is 1. The zero-order valence-corrected chi connectivity index (χ0v) is 12.5. The number of nitrogens with one attached hydrogen (secondary N) is 1. The summed E-state index contributed by atoms with van der Waals surface area (Å²) in [7, 11) is 3.32. The topological polar surface area (TPSA) is 39.7 Å². The van der Waals surface area contributed by atoms with Gasteiger partial charge in [0.25, 0.3) is 0 Å². The van der Waals surface area contributed by atoms with Crippen molar-refractivity contribution in [2.75, 3.05) is 32.7 Å². The van der Waals surface area contributed by atoms with Gasteiger partial charge in [-0.3, -0.25) is 0 Å². The van der Waals surface area contributed by atoms with Crippen molar-refractivity contribution in [3.8, 4) is 17.2 Å². The number of methoxy groups -OCH3 is 2. The van der Waals surface area contributed by atoms with Crippen LogP contribution in [0.2, 0.25) is 0 Å². The molecule has 0 aromatic heterocycles. The third-order valence-electron chi connectivity index (χ3n) is 3.05. The lowest BCUT2D eigenvalue weighted by molar-refractivity contribution is 0.314. The second kappa shape index (κ2) is 8.04. The standard InChI is InChI=1S/C17H21NO3/c1-19-15-7-9-16(10-8-15)21-12-4-11-18-14-5-3-6-17(13-14)20-2/h3,5-10,13,18H,4,11-12H2,1-2H3. The van der Waals surface area contributed by atoms with Crippen LogP contribution in [0.4, 0.5) is 5.69 Å². The van der Waals surface area contributed by atoms with E-state index < -0.39 is 0 Å². The Morgan fingerprint density at radius 1 is 0.857 bits per heavy atom. The van der Waals surface area contributed by atoms with Gasteiger partial charge in [-0.1, -0.05) is 6.07 Å². The summed E-state index contributed by atoms with van der Waals surface area (Å²) in [6.45, 7) is 1.52. The fourth-order valence-electron chi connectivity index (χ4n) is 1.90. The molecular formula is C17H21NO3. The fourth-order valence-corrected chi connectivity index (χ4v) is 1.90. The first-order valence-electron chi connectivity index (χ1n) is 6.96. The summed E-state index contributed by atoms with van der Waals surface area (Å²) in [6, 6.07) is 15.5. The lowest BCUT2D eigenvalue weighted by atomic mass is 10.3. The Labute approximate surface area is 125 Å². The largest absolute Gasteiger partial charge is 0.497 e. The molecule has 0 unspecified atom stereocenters. The molecule has 2 aromatic carbocycles. The molecule has 4 nitrogen and oxygen atoms in total. The van der Waals surface area contributed by atoms with Crippen molar-refractivity contribution in [1.82, 2.24) is 0 Å². The summed E-state index contributed by atoms with van der Waals surface area (Å²) in [5.41, 5.74) is 1.05. The fraction of sp³-hybridized carbons (Fsp3) is 0.294. The van der Waals surface area contributed by atoms with Gasteiger partial charge in [0.15, 0.2) is 0 Å². The summed E-state index contributed by atoms with van der Waals surface area (Å²) in [6.07, 6.45) is 0.920. The van der Waals surface area contributed by atoms with Crippen LogP contribution in [0.15, 0.2) is 48.5 Å². The van der Waals surface area contributed by atoms with E-state index in [4.69, 9.17) is 14.2 Å². The first-order chi connectivity index (χ1) is 10.3. The second-order valence-electron chi connectivity index (χ2n) is 4.54. The Morgan fingerprint density at radius 3 is 2.29 bits per heavy atom. The van der Waals surface area contributed by atoms with E-state index in [9.17, 15) is 0 Å². The molecule has 0 fully saturated rings. The van der Waals surface area contributed by atoms with Crippen LogP contribution in [0.3, 0.4) is 0 Å². The van der Waals surface area contributed by atoms with E-state index in [1.54, 1.807) is 14.2 Å². The number of benzene rings is 2. The van der Waals surface area contributed by atoms with E-state index in [2.05, 4.69) is 5.32 Å². The molecule has 0 radical (unpaired) electrons. The molecule has 0 spiro atoms. The third-order valence-corrected chi connectivity index (χ3v) is 3.05. The van der Waals surface area contributed by atoms with E-state index in [0.29, 0.717) is 6.61 Å². The summed E-state index contributed by atoms with van der Waals surface area (Å²) in [5, 5.41) is 3.34. The third kappa shape index (κ3) is 4.91. The van der Waals surface area contributed by atoms with Crippen LogP contribution in [0.1, 0.15) is 6.42 Å². The molecule has 0 saturated carbocycles. The van der Waals surface area contributed by atoms with Crippen molar-refractivity contribution < 1.29 is 14.2 Å². The van der Waals surface area contributed by atoms with Crippen molar-refractivity contribution in [3.63, 3.8) is 0 Å². The smallest absolute Gasteiger partial charge is 0.120 e. The normalized spacial score (nSPS) is 10.0. The zero-order valence-electron chi connectivity index (χ0n) is 12.5. The van der Waals surface area contributed by atoms with E-state index >= 15 is 0 Å². The Hall–Kier alpha value is -2.36. The van der Waals surface area contributed by atoms with E-state index in [1.807, 2.05) is 48.5 Å². The molecule has 2 rings (SSSR count). The van der Waals surface area contributed by atoms with Gasteiger partial charge in [0, 0.05) is 18.3 Å². The maximum atomic E-state index is 5.67. The van der Waals surface area contributed by atoms with Gasteiger partial charge in [-0.2, -0.15) is 0 Å². The van der Waals surface area contributed by atoms with Gasteiger partial charge in [-0.15, -0.1) is 0 Å². The first kappa shape index (κ1) is 15.0. The summed E-state index contributed by atoms with van der Waals surface area (Å²) in [4.78, 5) is 0. The Bertz CT molecular complexity index is 540. The molecule has 0 bridgehead atoms. The van der Waals surface area contributed by atoms with Crippen LogP contribution in [-0.4, -0.2) is 27.4 Å². The molecule has 0 atom stereocenters. The monoisotopic (exact) mass is 287 g/mol. The molecule has 0 heterocycles. The SMILES string of the molecule is COc1ccc(OCCCNc2cccc(OC)c2)cc1. The van der Waals surface area contributed by atoms with Crippen LogP contribution >= 0.6 is 0 Å². The van der Waals surface area contributed by atoms with Gasteiger partial charge in [-0.25, -0.2) is 0 Å². The molecule has 1 N–H and O–H groups in total. The minimum Gasteiger partial charge on any atom is -0.497 e. The van der Waals surface area contributed by atoms with Gasteiger partial charge < -0.3 is 19.5 Å². The minimum absolute atomic E-state index is 0.670. The molecule has 0 aliphatic heterocycles. The van der Waals surface area contributed by atoms with Crippen molar-refractivity contribution in [2.24, 2.45) is 0 Å². The maximum absolute atomic E-state index is 5.67. The summed E-state index contributed by atoms with van der Waals surface area (Å²) < 4.78 is 16.0. The highest BCUT2D eigenvalue weighted by Gasteiger charge is 1.97. The molecule has 112 valence electrons. The van der Waals surface area contributed by atoms with Crippen molar-refractivity contribution in [1.29, 1.82) is 0 Å². The highest BCUT2D eigenvalue weighted by Crippen LogP contribution is 2.18. The first-order valence-corrected chi connectivity index (χ1v) is 6.96. The number of anilines is 1. The molecule has 4 heteroatoms. The molecule has 0 saturated heterocycles. The molecule has 2 aromatic rings. The number of hydrogen-bond acceptors (Lipinski definition) is 4. The van der Waals surface area contributed by atoms with Gasteiger partial charge in [0.2, 0.25) is 0 Å². The van der Waals surface area contributed by atoms with E-state index in [1.165, 1.54) is 0 Å². The second-order valence-corrected chi connectivity index (χ2v) is 4.54. The van der Waals surface area contributed by atoms with Crippen molar-refractivity contribution in [2.45, 2.75) is 6.42 Å². The lowest BCUT2D eigenvalue weighted by Gasteiger charge is -2.09. The van der Waals surface area contributed by atoms with Crippen LogP contribution in [-0.2, 0) is 0 Å². The van der Waals surface area contributed by atoms with E-state index in [0.717, 1.165) is 35.9 Å². The van der Waals surface area contributed by atoms with Crippen LogP contribution < -0.4 is 19.5 Å². The lowest BCUT2D eigenvalue weighted by Crippen LogP contribution is -2.07. The molecular weight excluding hydrogens is 266 g/mol. The van der Waals surface area contributed by atoms with Crippen LogP contribution in [0.5, 0.6) is 17.2 Å². The average molecular weight is 287 g/mol. The maximum Gasteiger partial charge on any atom is 0.120 e. The van der Waals surface area contributed by atoms with Crippen molar-refractivity contribution >= 4 is 5.69 Å². The quantitative estimate of drug-likeness (QED) is 0.753. The molecule has 0 aliphatic carbocycles. The number of ether oxygens (including phenoxy) is 3. The zero-order chi connectivity index (χ0) is 14.9. The number of rotatable bonds is 8. The predicted octanol–water partition coefficient (Wildman–Crippen LogP) is 3.58. The van der Waals surface area contributed by atoms with Gasteiger partial charge in [0.05, 0.1) is 20.8 Å². The van der Waals surface area contributed by atoms with Gasteiger partial charge in [-0.05, 0) is 42.8 Å². The molecule has 0 amide bonds. The molecule has 21 heavy (non-hydrogen) atoms. The average Bonchev–Trinajstić information content (AvgIpc) is 2.55. The Kier molecular flexibility index (Phi) is 5.76. The Morgan fingerprint density at radius 2 is 1.57 bits per heavy atom. The van der Waals surface area contributed by atoms with Gasteiger partial charge >= 0.3 is 0 Å². The Balaban J connectivity index is 1.67. The van der Waals surface area contributed by atoms with E-state index in [-0.39, 0.29) is 0 Å². The highest BCUT2D eigenvalue weighted by molar-refractivity contribution is 5.48. The molecule has 0 aliphatic rings.